The van der Waals surface area contributed by atoms with Crippen LogP contribution in [-0.2, 0) is 16.6 Å². The van der Waals surface area contributed by atoms with Crippen LogP contribution in [0.5, 0.6) is 0 Å². The van der Waals surface area contributed by atoms with Crippen molar-refractivity contribution in [2.75, 3.05) is 19.6 Å². The van der Waals surface area contributed by atoms with Gasteiger partial charge in [0.1, 0.15) is 6.17 Å². The zero-order valence-corrected chi connectivity index (χ0v) is 18.4. The number of likely N-dealkylation sites (tertiary alicyclic amines) is 1. The quantitative estimate of drug-likeness (QED) is 0.561. The van der Waals surface area contributed by atoms with E-state index in [1.165, 1.54) is 18.3 Å². The van der Waals surface area contributed by atoms with Crippen LogP contribution in [0.3, 0.4) is 0 Å². The van der Waals surface area contributed by atoms with Crippen LogP contribution in [0.15, 0.2) is 58.1 Å². The maximum Gasteiger partial charge on any atom is 0.287 e. The van der Waals surface area contributed by atoms with E-state index in [4.69, 9.17) is 4.42 Å². The van der Waals surface area contributed by atoms with E-state index in [1.807, 2.05) is 11.8 Å². The fraction of sp³-hybridized carbons (Fsp3) is 0.364. The second-order valence-corrected chi connectivity index (χ2v) is 9.49. The van der Waals surface area contributed by atoms with Crippen molar-refractivity contribution >= 4 is 26.9 Å². The molecule has 170 valence electrons. The number of rotatable bonds is 7. The van der Waals surface area contributed by atoms with Crippen LogP contribution in [0.4, 0.5) is 4.39 Å². The Labute approximate surface area is 185 Å². The third kappa shape index (κ3) is 4.98. The first-order chi connectivity index (χ1) is 15.4. The number of fused-ring (bicyclic) bond motifs is 1. The number of carbonyl (C=O) groups excluding carboxylic acids is 1. The van der Waals surface area contributed by atoms with Crippen LogP contribution in [-0.4, -0.2) is 56.1 Å². The third-order valence-corrected chi connectivity index (χ3v) is 7.12. The molecule has 2 aromatic heterocycles. The van der Waals surface area contributed by atoms with Crippen LogP contribution < -0.4 is 10.0 Å². The Kier molecular flexibility index (Phi) is 6.54. The van der Waals surface area contributed by atoms with Gasteiger partial charge in [-0.2, -0.15) is 0 Å². The predicted octanol–water partition coefficient (Wildman–Crippen LogP) is 2.47. The van der Waals surface area contributed by atoms with E-state index in [0.29, 0.717) is 18.5 Å². The Bertz CT molecular complexity index is 1160. The van der Waals surface area contributed by atoms with Crippen molar-refractivity contribution in [3.8, 4) is 0 Å². The van der Waals surface area contributed by atoms with Gasteiger partial charge in [0.25, 0.3) is 5.91 Å². The van der Waals surface area contributed by atoms with Crippen molar-refractivity contribution in [1.82, 2.24) is 19.9 Å². The number of benzene rings is 1. The molecule has 1 aromatic carbocycles. The average molecular weight is 461 g/mol. The number of carbonyl (C=O) groups is 1. The Morgan fingerprint density at radius 1 is 1.28 bits per heavy atom. The summed E-state index contributed by atoms with van der Waals surface area (Å²) in [4.78, 5) is 18.3. The number of halogens is 1. The van der Waals surface area contributed by atoms with Crippen molar-refractivity contribution in [3.63, 3.8) is 0 Å². The highest BCUT2D eigenvalue weighted by atomic mass is 32.2. The van der Waals surface area contributed by atoms with E-state index in [0.717, 1.165) is 17.5 Å². The van der Waals surface area contributed by atoms with Gasteiger partial charge in [-0.15, -0.1) is 0 Å². The number of amides is 1. The number of piperidine rings is 1. The van der Waals surface area contributed by atoms with Crippen molar-refractivity contribution in [3.05, 3.63) is 60.1 Å². The topological polar surface area (TPSA) is 105 Å². The average Bonchev–Trinajstić information content (AvgIpc) is 3.23. The molecule has 8 nitrogen and oxygen atoms in total. The molecule has 0 bridgehead atoms. The summed E-state index contributed by atoms with van der Waals surface area (Å²) in [5.74, 6) is -0.210. The lowest BCUT2D eigenvalue weighted by Crippen LogP contribution is -2.52. The molecular weight excluding hydrogens is 435 g/mol. The van der Waals surface area contributed by atoms with E-state index >= 15 is 0 Å². The highest BCUT2D eigenvalue weighted by Gasteiger charge is 2.32. The van der Waals surface area contributed by atoms with Gasteiger partial charge in [-0.25, -0.2) is 17.5 Å². The summed E-state index contributed by atoms with van der Waals surface area (Å²) in [7, 11) is -3.84. The summed E-state index contributed by atoms with van der Waals surface area (Å²) in [6, 6.07) is 8.78. The molecule has 2 unspecified atom stereocenters. The second kappa shape index (κ2) is 9.35. The summed E-state index contributed by atoms with van der Waals surface area (Å²) in [5, 5.41) is 3.52. The Balaban J connectivity index is 1.35. The van der Waals surface area contributed by atoms with E-state index in [-0.39, 0.29) is 29.7 Å². The van der Waals surface area contributed by atoms with Crippen LogP contribution in [0.2, 0.25) is 0 Å². The molecule has 1 aliphatic heterocycles. The summed E-state index contributed by atoms with van der Waals surface area (Å²) in [6.45, 7) is 3.78. The van der Waals surface area contributed by atoms with Gasteiger partial charge in [-0.1, -0.05) is 19.1 Å². The summed E-state index contributed by atoms with van der Waals surface area (Å²) >= 11 is 0. The van der Waals surface area contributed by atoms with Gasteiger partial charge < -0.3 is 14.6 Å². The molecule has 1 fully saturated rings. The maximum atomic E-state index is 14.4. The lowest BCUT2D eigenvalue weighted by molar-refractivity contribution is 0.0925. The lowest BCUT2D eigenvalue weighted by atomic mass is 10.0. The Morgan fingerprint density at radius 3 is 2.75 bits per heavy atom. The Morgan fingerprint density at radius 2 is 2.06 bits per heavy atom. The number of sulfonamides is 1. The molecule has 1 amide bonds. The minimum absolute atomic E-state index is 0.0579. The van der Waals surface area contributed by atoms with Crippen molar-refractivity contribution in [2.45, 2.75) is 37.0 Å². The lowest BCUT2D eigenvalue weighted by Gasteiger charge is -2.34. The largest absolute Gasteiger partial charge is 0.449 e. The monoisotopic (exact) mass is 460 g/mol. The molecular formula is C22H25FN4O4S. The molecule has 1 saturated heterocycles. The van der Waals surface area contributed by atoms with Crippen molar-refractivity contribution in [1.29, 1.82) is 0 Å². The molecule has 3 heterocycles. The molecule has 0 saturated carbocycles. The number of hydrogen-bond acceptors (Lipinski definition) is 6. The SMILES string of the molecule is CCN1CCC(NS(=O)(=O)c2ccc(CNC(=O)c3cc4ccncc4o3)cc2)C(F)C1. The fourth-order valence-electron chi connectivity index (χ4n) is 3.71. The van der Waals surface area contributed by atoms with Gasteiger partial charge in [0.2, 0.25) is 10.0 Å². The summed E-state index contributed by atoms with van der Waals surface area (Å²) < 4.78 is 47.7. The van der Waals surface area contributed by atoms with Gasteiger partial charge in [-0.3, -0.25) is 9.78 Å². The van der Waals surface area contributed by atoms with Gasteiger partial charge in [0, 0.05) is 24.7 Å². The number of alkyl halides is 1. The molecule has 10 heteroatoms. The number of furan rings is 1. The van der Waals surface area contributed by atoms with Crippen LogP contribution >= 0.6 is 0 Å². The van der Waals surface area contributed by atoms with Gasteiger partial charge >= 0.3 is 0 Å². The highest BCUT2D eigenvalue weighted by molar-refractivity contribution is 7.89. The van der Waals surface area contributed by atoms with Crippen LogP contribution in [0.1, 0.15) is 29.5 Å². The molecule has 0 radical (unpaired) electrons. The maximum absolute atomic E-state index is 14.4. The van der Waals surface area contributed by atoms with Crippen LogP contribution in [0.25, 0.3) is 11.0 Å². The molecule has 4 rings (SSSR count). The first-order valence-corrected chi connectivity index (χ1v) is 11.9. The molecule has 2 atom stereocenters. The minimum Gasteiger partial charge on any atom is -0.449 e. The van der Waals surface area contributed by atoms with Gasteiger partial charge in [0.15, 0.2) is 11.3 Å². The number of nitrogens with one attached hydrogen (secondary N) is 2. The number of nitrogens with zero attached hydrogens (tertiary/aromatic N) is 2. The minimum atomic E-state index is -3.84. The molecule has 1 aliphatic rings. The molecule has 2 N–H and O–H groups in total. The standard InChI is InChI=1S/C22H25FN4O4S/c1-2-27-10-8-19(18(23)14-27)26-32(29,30)17-5-3-15(4-6-17)12-25-22(28)20-11-16-7-9-24-13-21(16)31-20/h3-7,9,11,13,18-19,26H,2,8,10,12,14H2,1H3,(H,25,28). The molecule has 0 aliphatic carbocycles. The molecule has 3 aromatic rings. The first kappa shape index (κ1) is 22.4. The third-order valence-electron chi connectivity index (χ3n) is 5.61. The highest BCUT2D eigenvalue weighted by Crippen LogP contribution is 2.19. The van der Waals surface area contributed by atoms with Gasteiger partial charge in [0.05, 0.1) is 17.1 Å². The van der Waals surface area contributed by atoms with E-state index in [1.54, 1.807) is 30.5 Å². The second-order valence-electron chi connectivity index (χ2n) is 7.78. The zero-order chi connectivity index (χ0) is 22.7. The summed E-state index contributed by atoms with van der Waals surface area (Å²) in [5.41, 5.74) is 1.24. The zero-order valence-electron chi connectivity index (χ0n) is 17.6. The number of pyridine rings is 1. The first-order valence-electron chi connectivity index (χ1n) is 10.4. The van der Waals surface area contributed by atoms with Crippen LogP contribution in [0, 0.1) is 0 Å². The van der Waals surface area contributed by atoms with E-state index < -0.39 is 22.2 Å². The Hall–Kier alpha value is -2.82. The van der Waals surface area contributed by atoms with Crippen molar-refractivity contribution in [2.24, 2.45) is 0 Å². The summed E-state index contributed by atoms with van der Waals surface area (Å²) in [6.07, 6.45) is 2.33. The van der Waals surface area contributed by atoms with E-state index in [2.05, 4.69) is 15.0 Å². The smallest absolute Gasteiger partial charge is 0.287 e. The van der Waals surface area contributed by atoms with Crippen molar-refractivity contribution < 1.29 is 22.0 Å². The van der Waals surface area contributed by atoms with Gasteiger partial charge in [-0.05, 0) is 49.3 Å². The molecule has 32 heavy (non-hydrogen) atoms. The van der Waals surface area contributed by atoms with E-state index in [9.17, 15) is 17.6 Å². The normalized spacial score (nSPS) is 19.8. The molecule has 0 spiro atoms. The number of hydrogen-bond donors (Lipinski definition) is 2. The fourth-order valence-corrected chi connectivity index (χ4v) is 5.00. The predicted molar refractivity (Wildman–Crippen MR) is 117 cm³/mol. The number of aromatic nitrogens is 1.